The number of aliphatic hydroxyl groups excluding tert-OH is 1. The number of pyridine rings is 1. The van der Waals surface area contributed by atoms with Crippen LogP contribution in [0.4, 0.5) is 20.3 Å². The van der Waals surface area contributed by atoms with Crippen LogP contribution >= 0.6 is 0 Å². The maximum absolute atomic E-state index is 15.2. The molecule has 0 spiro atoms. The summed E-state index contributed by atoms with van der Waals surface area (Å²) < 4.78 is 36.6. The average Bonchev–Trinajstić information content (AvgIpc) is 3.38. The molecule has 228 valence electrons. The minimum absolute atomic E-state index is 0.0196. The molecule has 44 heavy (non-hydrogen) atoms. The highest BCUT2D eigenvalue weighted by atomic mass is 19.1. The minimum Gasteiger partial charge on any atom is -0.453 e. The zero-order valence-electron chi connectivity index (χ0n) is 24.1. The molecule has 0 aliphatic carbocycles. The fraction of sp³-hybridized carbons (Fsp3) is 0.233. The number of ether oxygens (including phenoxy) is 1. The molecule has 12 nitrogen and oxygen atoms in total. The van der Waals surface area contributed by atoms with Crippen molar-refractivity contribution in [3.8, 4) is 17.2 Å². The van der Waals surface area contributed by atoms with Crippen LogP contribution in [0.1, 0.15) is 44.1 Å². The molecule has 2 atom stereocenters. The molecule has 0 bridgehead atoms. The van der Waals surface area contributed by atoms with E-state index < -0.39 is 40.9 Å². The van der Waals surface area contributed by atoms with Crippen LogP contribution in [0, 0.1) is 11.6 Å². The van der Waals surface area contributed by atoms with Crippen molar-refractivity contribution >= 4 is 28.4 Å². The minimum atomic E-state index is -0.924. The predicted octanol–water partition coefficient (Wildman–Crippen LogP) is 4.36. The SMILES string of the molecule is CC(C)n1cc(C(=O)Nc2ccc(Oc3ccnc4[nH]nc(N[C@H](C)[C@H](C)O)c34)c(F)c2)c(=O)n(-c2ccc(F)cc2)c1=O. The molecule has 0 fully saturated rings. The van der Waals surface area contributed by atoms with Crippen LogP contribution in [0.3, 0.4) is 0 Å². The predicted molar refractivity (Wildman–Crippen MR) is 160 cm³/mol. The molecule has 2 aromatic carbocycles. The molecule has 0 saturated carbocycles. The summed E-state index contributed by atoms with van der Waals surface area (Å²) in [4.78, 5) is 43.8. The van der Waals surface area contributed by atoms with Gasteiger partial charge >= 0.3 is 5.69 Å². The van der Waals surface area contributed by atoms with Gasteiger partial charge in [-0.2, -0.15) is 5.10 Å². The summed E-state index contributed by atoms with van der Waals surface area (Å²) in [6, 6.07) is 9.16. The maximum atomic E-state index is 15.2. The highest BCUT2D eigenvalue weighted by Crippen LogP contribution is 2.34. The van der Waals surface area contributed by atoms with Gasteiger partial charge in [-0.15, -0.1) is 0 Å². The van der Waals surface area contributed by atoms with Crippen molar-refractivity contribution in [2.45, 2.75) is 45.9 Å². The maximum Gasteiger partial charge on any atom is 0.335 e. The molecular weight excluding hydrogens is 576 g/mol. The third-order valence-electron chi connectivity index (χ3n) is 6.92. The summed E-state index contributed by atoms with van der Waals surface area (Å²) in [5.41, 5.74) is -1.53. The number of nitrogens with one attached hydrogen (secondary N) is 3. The van der Waals surface area contributed by atoms with E-state index in [9.17, 15) is 23.9 Å². The van der Waals surface area contributed by atoms with Gasteiger partial charge in [0, 0.05) is 36.3 Å². The third-order valence-corrected chi connectivity index (χ3v) is 6.92. The van der Waals surface area contributed by atoms with Gasteiger partial charge in [0.15, 0.2) is 23.0 Å². The van der Waals surface area contributed by atoms with E-state index in [1.54, 1.807) is 27.7 Å². The van der Waals surface area contributed by atoms with E-state index in [2.05, 4.69) is 25.8 Å². The quantitative estimate of drug-likeness (QED) is 0.193. The first kappa shape index (κ1) is 30.1. The number of anilines is 2. The van der Waals surface area contributed by atoms with Gasteiger partial charge in [0.2, 0.25) is 0 Å². The largest absolute Gasteiger partial charge is 0.453 e. The number of hydrogen-bond donors (Lipinski definition) is 4. The van der Waals surface area contributed by atoms with E-state index in [4.69, 9.17) is 4.74 Å². The topological polar surface area (TPSA) is 156 Å². The smallest absolute Gasteiger partial charge is 0.335 e. The van der Waals surface area contributed by atoms with Crippen LogP contribution in [0.2, 0.25) is 0 Å². The number of carbonyl (C=O) groups excluding carboxylic acids is 1. The number of halogens is 2. The van der Waals surface area contributed by atoms with E-state index in [-0.39, 0.29) is 34.5 Å². The summed E-state index contributed by atoms with van der Waals surface area (Å²) in [6.07, 6.45) is 1.92. The molecule has 0 aliphatic heterocycles. The molecule has 0 unspecified atom stereocenters. The first-order valence-corrected chi connectivity index (χ1v) is 13.6. The summed E-state index contributed by atoms with van der Waals surface area (Å²) >= 11 is 0. The Balaban J connectivity index is 1.43. The Labute approximate surface area is 249 Å². The second kappa shape index (κ2) is 12.1. The fourth-order valence-corrected chi connectivity index (χ4v) is 4.34. The molecule has 1 amide bonds. The number of nitrogens with zero attached hydrogens (tertiary/aromatic N) is 4. The van der Waals surface area contributed by atoms with Crippen molar-refractivity contribution in [3.63, 3.8) is 0 Å². The van der Waals surface area contributed by atoms with Crippen molar-refractivity contribution < 1.29 is 23.4 Å². The van der Waals surface area contributed by atoms with Gasteiger partial charge < -0.3 is 20.5 Å². The molecule has 3 aromatic heterocycles. The number of aromatic nitrogens is 5. The summed E-state index contributed by atoms with van der Waals surface area (Å²) in [5.74, 6) is -1.84. The second-order valence-electron chi connectivity index (χ2n) is 10.4. The summed E-state index contributed by atoms with van der Waals surface area (Å²) in [6.45, 7) is 6.79. The van der Waals surface area contributed by atoms with Gasteiger partial charge in [-0.25, -0.2) is 23.1 Å². The number of benzene rings is 2. The Bertz CT molecular complexity index is 1970. The zero-order valence-corrected chi connectivity index (χ0v) is 24.1. The van der Waals surface area contributed by atoms with Crippen molar-refractivity contribution in [3.05, 3.63) is 99.0 Å². The number of aromatic amines is 1. The van der Waals surface area contributed by atoms with Gasteiger partial charge in [0.05, 0.1) is 17.8 Å². The lowest BCUT2D eigenvalue weighted by Gasteiger charge is -2.17. The van der Waals surface area contributed by atoms with Crippen LogP contribution in [0.5, 0.6) is 11.5 Å². The molecule has 14 heteroatoms. The lowest BCUT2D eigenvalue weighted by atomic mass is 10.2. The molecule has 5 aromatic rings. The number of aliphatic hydroxyl groups is 1. The second-order valence-corrected chi connectivity index (χ2v) is 10.4. The average molecular weight is 606 g/mol. The van der Waals surface area contributed by atoms with Crippen molar-refractivity contribution in [2.24, 2.45) is 0 Å². The van der Waals surface area contributed by atoms with Crippen LogP contribution < -0.4 is 26.6 Å². The monoisotopic (exact) mass is 605 g/mol. The van der Waals surface area contributed by atoms with Crippen LogP contribution in [-0.2, 0) is 0 Å². The van der Waals surface area contributed by atoms with Crippen LogP contribution in [0.25, 0.3) is 16.7 Å². The van der Waals surface area contributed by atoms with Gasteiger partial charge in [-0.05, 0) is 64.1 Å². The highest BCUT2D eigenvalue weighted by Gasteiger charge is 2.21. The van der Waals surface area contributed by atoms with Crippen molar-refractivity contribution in [1.82, 2.24) is 24.3 Å². The lowest BCUT2D eigenvalue weighted by molar-refractivity contribution is 0.102. The first-order valence-electron chi connectivity index (χ1n) is 13.6. The van der Waals surface area contributed by atoms with Gasteiger partial charge in [0.1, 0.15) is 22.5 Å². The number of rotatable bonds is 9. The Morgan fingerprint density at radius 1 is 1.02 bits per heavy atom. The Hall–Kier alpha value is -5.37. The summed E-state index contributed by atoms with van der Waals surface area (Å²) in [7, 11) is 0. The molecule has 3 heterocycles. The molecular formula is C30H29F2N7O5. The van der Waals surface area contributed by atoms with E-state index in [0.29, 0.717) is 16.9 Å². The van der Waals surface area contributed by atoms with Gasteiger partial charge in [-0.1, -0.05) is 0 Å². The molecule has 0 saturated heterocycles. The van der Waals surface area contributed by atoms with Crippen molar-refractivity contribution in [2.75, 3.05) is 10.6 Å². The lowest BCUT2D eigenvalue weighted by Crippen LogP contribution is -2.42. The number of H-pyrrole nitrogens is 1. The van der Waals surface area contributed by atoms with E-state index in [0.717, 1.165) is 29.0 Å². The number of carbonyl (C=O) groups is 1. The number of amides is 1. The highest BCUT2D eigenvalue weighted by molar-refractivity contribution is 6.04. The molecule has 0 radical (unpaired) electrons. The first-order chi connectivity index (χ1) is 20.9. The Morgan fingerprint density at radius 2 is 1.75 bits per heavy atom. The van der Waals surface area contributed by atoms with Crippen LogP contribution in [-0.4, -0.2) is 47.5 Å². The van der Waals surface area contributed by atoms with E-state index >= 15 is 4.39 Å². The normalized spacial score (nSPS) is 12.7. The van der Waals surface area contributed by atoms with E-state index in [1.165, 1.54) is 41.1 Å². The fourth-order valence-electron chi connectivity index (χ4n) is 4.34. The molecule has 0 aliphatic rings. The standard InChI is InChI=1S/C30H29F2N7O5/c1-15(2)38-14-21(29(42)39(30(38)43)20-8-5-18(31)6-9-20)28(41)35-19-7-10-23(22(32)13-19)44-24-11-12-33-26-25(24)27(37-36-26)34-16(3)17(4)40/h5-17,40H,1-4H3,(H,35,41)(H2,33,34,36,37)/t16-,17+/m1/s1. The van der Waals surface area contributed by atoms with Crippen LogP contribution in [0.15, 0.2) is 70.5 Å². The molecule has 5 rings (SSSR count). The summed E-state index contributed by atoms with van der Waals surface area (Å²) in [5, 5.41) is 22.8. The number of fused-ring (bicyclic) bond motifs is 1. The van der Waals surface area contributed by atoms with Gasteiger partial charge in [-0.3, -0.25) is 19.3 Å². The van der Waals surface area contributed by atoms with Crippen molar-refractivity contribution in [1.29, 1.82) is 0 Å². The third kappa shape index (κ3) is 5.92. The van der Waals surface area contributed by atoms with E-state index in [1.807, 2.05) is 0 Å². The Kier molecular flexibility index (Phi) is 8.27. The van der Waals surface area contributed by atoms with Gasteiger partial charge in [0.25, 0.3) is 11.5 Å². The Morgan fingerprint density at radius 3 is 2.41 bits per heavy atom. The molecule has 4 N–H and O–H groups in total. The number of hydrogen-bond acceptors (Lipinski definition) is 8. The zero-order chi connectivity index (χ0) is 31.7.